The molecule has 16 heavy (non-hydrogen) atoms. The summed E-state index contributed by atoms with van der Waals surface area (Å²) >= 11 is 1.86. The first kappa shape index (κ1) is 13.3. The monoisotopic (exact) mass is 236 g/mol. The number of carbonyl (C=O) groups excluding carboxylic acids is 1. The van der Waals surface area contributed by atoms with E-state index in [9.17, 15) is 4.79 Å². The third kappa shape index (κ3) is 4.40. The Morgan fingerprint density at radius 2 is 1.94 bits per heavy atom. The van der Waals surface area contributed by atoms with Crippen LogP contribution in [0.2, 0.25) is 0 Å². The second kappa shape index (κ2) is 6.74. The van der Waals surface area contributed by atoms with Crippen LogP contribution in [-0.4, -0.2) is 11.5 Å². The van der Waals surface area contributed by atoms with Crippen LogP contribution in [0.25, 0.3) is 0 Å². The van der Waals surface area contributed by atoms with Gasteiger partial charge in [-0.2, -0.15) is 0 Å². The molecule has 1 nitrogen and oxygen atoms in total. The largest absolute Gasteiger partial charge is 0.300 e. The second-order valence-electron chi connectivity index (χ2n) is 4.14. The number of rotatable bonds is 6. The van der Waals surface area contributed by atoms with Gasteiger partial charge in [-0.15, -0.1) is 11.8 Å². The van der Waals surface area contributed by atoms with Gasteiger partial charge in [-0.1, -0.05) is 26.0 Å². The molecule has 0 bridgehead atoms. The quantitative estimate of drug-likeness (QED) is 0.686. The molecule has 1 aromatic carbocycles. The van der Waals surface area contributed by atoms with E-state index in [1.165, 1.54) is 10.5 Å². The molecule has 0 aliphatic carbocycles. The standard InChI is InChI=1S/C14H20OS/c1-4-16-14-9-7-13(8-10-14)11(2)5-6-12(3)15/h7-11H,4-6H2,1-3H3. The lowest BCUT2D eigenvalue weighted by atomic mass is 9.95. The molecule has 88 valence electrons. The van der Waals surface area contributed by atoms with Crippen LogP contribution in [0.3, 0.4) is 0 Å². The first-order valence-electron chi connectivity index (χ1n) is 5.85. The molecular weight excluding hydrogens is 216 g/mol. The molecule has 0 fully saturated rings. The number of hydrogen-bond donors (Lipinski definition) is 0. The van der Waals surface area contributed by atoms with Crippen molar-refractivity contribution >= 4 is 17.5 Å². The Morgan fingerprint density at radius 3 is 2.44 bits per heavy atom. The molecule has 1 aromatic rings. The van der Waals surface area contributed by atoms with E-state index in [2.05, 4.69) is 38.1 Å². The predicted molar refractivity (Wildman–Crippen MR) is 71.2 cm³/mol. The molecular formula is C14H20OS. The normalized spacial score (nSPS) is 12.4. The van der Waals surface area contributed by atoms with E-state index >= 15 is 0 Å². The number of Topliss-reactive ketones (excluding diaryl/α,β-unsaturated/α-hetero) is 1. The van der Waals surface area contributed by atoms with Gasteiger partial charge in [0.2, 0.25) is 0 Å². The van der Waals surface area contributed by atoms with Gasteiger partial charge >= 0.3 is 0 Å². The van der Waals surface area contributed by atoms with E-state index in [1.807, 2.05) is 11.8 Å². The van der Waals surface area contributed by atoms with Crippen LogP contribution in [0.4, 0.5) is 0 Å². The smallest absolute Gasteiger partial charge is 0.129 e. The summed E-state index contributed by atoms with van der Waals surface area (Å²) in [6.45, 7) is 6.01. The van der Waals surface area contributed by atoms with Crippen LogP contribution in [0.15, 0.2) is 29.2 Å². The summed E-state index contributed by atoms with van der Waals surface area (Å²) in [6.07, 6.45) is 1.64. The molecule has 0 saturated carbocycles. The number of benzene rings is 1. The van der Waals surface area contributed by atoms with Crippen LogP contribution < -0.4 is 0 Å². The summed E-state index contributed by atoms with van der Waals surface area (Å²) in [5.74, 6) is 1.87. The third-order valence-electron chi connectivity index (χ3n) is 2.69. The average Bonchev–Trinajstić information content (AvgIpc) is 2.27. The van der Waals surface area contributed by atoms with E-state index in [1.54, 1.807) is 6.92 Å². The first-order chi connectivity index (χ1) is 7.63. The van der Waals surface area contributed by atoms with Gasteiger partial charge in [0.05, 0.1) is 0 Å². The topological polar surface area (TPSA) is 17.1 Å². The van der Waals surface area contributed by atoms with Crippen LogP contribution >= 0.6 is 11.8 Å². The maximum atomic E-state index is 10.9. The SMILES string of the molecule is CCSc1ccc(C(C)CCC(C)=O)cc1. The zero-order valence-electron chi connectivity index (χ0n) is 10.3. The Hall–Kier alpha value is -0.760. The Kier molecular flexibility index (Phi) is 5.61. The van der Waals surface area contributed by atoms with Gasteiger partial charge in [-0.05, 0) is 42.7 Å². The van der Waals surface area contributed by atoms with E-state index in [0.29, 0.717) is 12.3 Å². The number of ketones is 1. The highest BCUT2D eigenvalue weighted by molar-refractivity contribution is 7.99. The van der Waals surface area contributed by atoms with Crippen molar-refractivity contribution in [3.63, 3.8) is 0 Å². The van der Waals surface area contributed by atoms with E-state index in [-0.39, 0.29) is 5.78 Å². The summed E-state index contributed by atoms with van der Waals surface area (Å²) in [6, 6.07) is 8.72. The van der Waals surface area contributed by atoms with Gasteiger partial charge in [0, 0.05) is 11.3 Å². The van der Waals surface area contributed by atoms with E-state index < -0.39 is 0 Å². The zero-order valence-corrected chi connectivity index (χ0v) is 11.1. The minimum atomic E-state index is 0.282. The Labute approximate surface area is 103 Å². The zero-order chi connectivity index (χ0) is 12.0. The Morgan fingerprint density at radius 1 is 1.31 bits per heavy atom. The molecule has 0 heterocycles. The molecule has 0 amide bonds. The fourth-order valence-corrected chi connectivity index (χ4v) is 2.31. The first-order valence-corrected chi connectivity index (χ1v) is 6.84. The predicted octanol–water partition coefficient (Wildman–Crippen LogP) is 4.27. The summed E-state index contributed by atoms with van der Waals surface area (Å²) in [5.41, 5.74) is 1.33. The van der Waals surface area contributed by atoms with Gasteiger partial charge in [-0.25, -0.2) is 0 Å². The number of carbonyl (C=O) groups is 1. The van der Waals surface area contributed by atoms with E-state index in [4.69, 9.17) is 0 Å². The minimum Gasteiger partial charge on any atom is -0.300 e. The lowest BCUT2D eigenvalue weighted by Crippen LogP contribution is -1.97. The highest BCUT2D eigenvalue weighted by Crippen LogP contribution is 2.24. The van der Waals surface area contributed by atoms with E-state index in [0.717, 1.165) is 12.2 Å². The van der Waals surface area contributed by atoms with Crippen LogP contribution in [0.1, 0.15) is 45.1 Å². The minimum absolute atomic E-state index is 0.282. The van der Waals surface area contributed by atoms with Crippen molar-refractivity contribution in [3.8, 4) is 0 Å². The van der Waals surface area contributed by atoms with Crippen molar-refractivity contribution in [1.29, 1.82) is 0 Å². The van der Waals surface area contributed by atoms with Gasteiger partial charge in [-0.3, -0.25) is 0 Å². The lowest BCUT2D eigenvalue weighted by Gasteiger charge is -2.11. The van der Waals surface area contributed by atoms with Crippen molar-refractivity contribution < 1.29 is 4.79 Å². The van der Waals surface area contributed by atoms with Gasteiger partial charge in [0.15, 0.2) is 0 Å². The molecule has 0 aromatic heterocycles. The molecule has 1 atom stereocenters. The maximum Gasteiger partial charge on any atom is 0.129 e. The van der Waals surface area contributed by atoms with Crippen LogP contribution in [0.5, 0.6) is 0 Å². The van der Waals surface area contributed by atoms with Crippen LogP contribution in [-0.2, 0) is 4.79 Å². The second-order valence-corrected chi connectivity index (χ2v) is 5.48. The average molecular weight is 236 g/mol. The van der Waals surface area contributed by atoms with Gasteiger partial charge in [0.25, 0.3) is 0 Å². The fourth-order valence-electron chi connectivity index (χ4n) is 1.65. The Bertz CT molecular complexity index is 329. The molecule has 1 unspecified atom stereocenters. The number of hydrogen-bond acceptors (Lipinski definition) is 2. The molecule has 0 aliphatic heterocycles. The van der Waals surface area contributed by atoms with Crippen molar-refractivity contribution in [2.24, 2.45) is 0 Å². The Balaban J connectivity index is 2.55. The summed E-state index contributed by atoms with van der Waals surface area (Å²) in [5, 5.41) is 0. The number of thioether (sulfide) groups is 1. The highest BCUT2D eigenvalue weighted by Gasteiger charge is 2.06. The lowest BCUT2D eigenvalue weighted by molar-refractivity contribution is -0.117. The maximum absolute atomic E-state index is 10.9. The molecule has 2 heteroatoms. The summed E-state index contributed by atoms with van der Waals surface area (Å²) in [4.78, 5) is 12.2. The van der Waals surface area contributed by atoms with Crippen molar-refractivity contribution in [2.45, 2.75) is 44.4 Å². The van der Waals surface area contributed by atoms with Gasteiger partial charge < -0.3 is 4.79 Å². The van der Waals surface area contributed by atoms with Crippen LogP contribution in [0, 0.1) is 0 Å². The summed E-state index contributed by atoms with van der Waals surface area (Å²) in [7, 11) is 0. The van der Waals surface area contributed by atoms with Crippen molar-refractivity contribution in [2.75, 3.05) is 5.75 Å². The molecule has 0 radical (unpaired) electrons. The fraction of sp³-hybridized carbons (Fsp3) is 0.500. The van der Waals surface area contributed by atoms with Gasteiger partial charge in [0.1, 0.15) is 5.78 Å². The molecule has 1 rings (SSSR count). The molecule has 0 aliphatic rings. The molecule has 0 saturated heterocycles. The third-order valence-corrected chi connectivity index (χ3v) is 3.58. The highest BCUT2D eigenvalue weighted by atomic mass is 32.2. The molecule has 0 spiro atoms. The van der Waals surface area contributed by atoms with Crippen molar-refractivity contribution in [3.05, 3.63) is 29.8 Å². The van der Waals surface area contributed by atoms with Crippen molar-refractivity contribution in [1.82, 2.24) is 0 Å². The molecule has 0 N–H and O–H groups in total. The summed E-state index contributed by atoms with van der Waals surface area (Å²) < 4.78 is 0.